The van der Waals surface area contributed by atoms with E-state index in [1.807, 2.05) is 12.1 Å². The smallest absolute Gasteiger partial charge is 0.115 e. The highest BCUT2D eigenvalue weighted by molar-refractivity contribution is 7.09. The third-order valence-electron chi connectivity index (χ3n) is 6.66. The van der Waals surface area contributed by atoms with Crippen LogP contribution in [-0.4, -0.2) is 11.2 Å². The van der Waals surface area contributed by atoms with Gasteiger partial charge in [0.05, 0.1) is 6.10 Å². The van der Waals surface area contributed by atoms with Crippen LogP contribution in [0.5, 0.6) is 5.75 Å². The van der Waals surface area contributed by atoms with Crippen LogP contribution in [0.15, 0.2) is 18.2 Å². The van der Waals surface area contributed by atoms with Gasteiger partial charge in [0.25, 0.3) is 0 Å². The van der Waals surface area contributed by atoms with Gasteiger partial charge in [-0.2, -0.15) is 0 Å². The number of aromatic hydroxyl groups is 1. The lowest BCUT2D eigenvalue weighted by molar-refractivity contribution is 0.00707. The van der Waals surface area contributed by atoms with E-state index < -0.39 is 0 Å². The summed E-state index contributed by atoms with van der Waals surface area (Å²) >= 11 is 0. The Balaban J connectivity index is 1.90. The van der Waals surface area contributed by atoms with Gasteiger partial charge < -0.3 is 9.63 Å². The molecule has 0 saturated heterocycles. The Morgan fingerprint density at radius 2 is 2.09 bits per heavy atom. The summed E-state index contributed by atoms with van der Waals surface area (Å²) in [6, 6.07) is 5.98. The molecule has 0 heterocycles. The first-order valence-corrected chi connectivity index (χ1v) is 9.15. The van der Waals surface area contributed by atoms with Crippen LogP contribution >= 0.6 is 9.47 Å². The Morgan fingerprint density at radius 1 is 1.32 bits per heavy atom. The molecule has 22 heavy (non-hydrogen) atoms. The van der Waals surface area contributed by atoms with E-state index in [-0.39, 0.29) is 0 Å². The molecule has 2 aliphatic rings. The highest BCUT2D eigenvalue weighted by Gasteiger charge is 2.53. The van der Waals surface area contributed by atoms with E-state index in [9.17, 15) is 5.11 Å². The second-order valence-electron chi connectivity index (χ2n) is 7.56. The summed E-state index contributed by atoms with van der Waals surface area (Å²) in [6.07, 6.45) is 6.35. The molecule has 1 aromatic rings. The maximum Gasteiger partial charge on any atom is 0.115 e. The number of phenols is 1. The van der Waals surface area contributed by atoms with Gasteiger partial charge in [0, 0.05) is 9.47 Å². The van der Waals surface area contributed by atoms with E-state index in [1.54, 1.807) is 0 Å². The number of hydrogen-bond acceptors (Lipinski definition) is 2. The predicted octanol–water partition coefficient (Wildman–Crippen LogP) is 5.06. The summed E-state index contributed by atoms with van der Waals surface area (Å²) in [5, 5.41) is 9.77. The molecule has 2 fully saturated rings. The third-order valence-corrected chi connectivity index (χ3v) is 6.99. The van der Waals surface area contributed by atoms with Gasteiger partial charge in [0.15, 0.2) is 0 Å². The van der Waals surface area contributed by atoms with E-state index in [2.05, 4.69) is 36.3 Å². The largest absolute Gasteiger partial charge is 0.508 e. The van der Waals surface area contributed by atoms with E-state index >= 15 is 0 Å². The van der Waals surface area contributed by atoms with Crippen LogP contribution < -0.4 is 0 Å². The quantitative estimate of drug-likeness (QED) is 0.789. The summed E-state index contributed by atoms with van der Waals surface area (Å²) in [6.45, 7) is 7.05. The van der Waals surface area contributed by atoms with Crippen molar-refractivity contribution in [3.63, 3.8) is 0 Å². The number of rotatable bonds is 3. The number of phenolic OH excluding ortho intramolecular Hbond substituents is 1. The standard InChI is InChI=1S/C19H29O2P/c1-4-13-11-14(20)5-6-16(13)15-9-10-19(3)17(12(15)2)7-8-18(19)21-22/h5-6,11-12,15,17-18,20H,4,7-10,22H2,1-3H3/t12?,15?,17?,18?,19-/m0/s1. The lowest BCUT2D eigenvalue weighted by Crippen LogP contribution is -2.41. The van der Waals surface area contributed by atoms with E-state index in [4.69, 9.17) is 4.52 Å². The zero-order chi connectivity index (χ0) is 15.9. The van der Waals surface area contributed by atoms with Gasteiger partial charge in [-0.1, -0.05) is 26.8 Å². The summed E-state index contributed by atoms with van der Waals surface area (Å²) in [7, 11) is 2.49. The number of aryl methyl sites for hydroxylation is 1. The first kappa shape index (κ1) is 16.3. The van der Waals surface area contributed by atoms with Gasteiger partial charge in [-0.15, -0.1) is 0 Å². The van der Waals surface area contributed by atoms with Crippen LogP contribution in [0.25, 0.3) is 0 Å². The Labute approximate surface area is 136 Å². The molecule has 0 radical (unpaired) electrons. The number of hydrogen-bond donors (Lipinski definition) is 1. The van der Waals surface area contributed by atoms with Crippen molar-refractivity contribution in [1.29, 1.82) is 0 Å². The van der Waals surface area contributed by atoms with Crippen molar-refractivity contribution in [3.8, 4) is 5.75 Å². The molecular formula is C19H29O2P. The highest BCUT2D eigenvalue weighted by Crippen LogP contribution is 2.59. The molecule has 6 atom stereocenters. The molecule has 2 saturated carbocycles. The van der Waals surface area contributed by atoms with Gasteiger partial charge in [0.1, 0.15) is 5.75 Å². The second kappa shape index (κ2) is 6.13. The van der Waals surface area contributed by atoms with Crippen molar-refractivity contribution in [3.05, 3.63) is 29.3 Å². The van der Waals surface area contributed by atoms with Crippen LogP contribution in [0.4, 0.5) is 0 Å². The van der Waals surface area contributed by atoms with Crippen molar-refractivity contribution in [2.45, 2.75) is 64.9 Å². The highest BCUT2D eigenvalue weighted by atomic mass is 31.0. The fourth-order valence-corrected chi connectivity index (χ4v) is 5.82. The predicted molar refractivity (Wildman–Crippen MR) is 94.0 cm³/mol. The van der Waals surface area contributed by atoms with Crippen molar-refractivity contribution < 1.29 is 9.63 Å². The minimum Gasteiger partial charge on any atom is -0.508 e. The Kier molecular flexibility index (Phi) is 4.54. The molecule has 0 bridgehead atoms. The molecular weight excluding hydrogens is 291 g/mol. The Hall–Kier alpha value is -0.590. The van der Waals surface area contributed by atoms with Crippen LogP contribution in [-0.2, 0) is 10.9 Å². The summed E-state index contributed by atoms with van der Waals surface area (Å²) < 4.78 is 5.72. The van der Waals surface area contributed by atoms with E-state index in [0.29, 0.717) is 29.1 Å². The number of fused-ring (bicyclic) bond motifs is 1. The second-order valence-corrected chi connectivity index (χ2v) is 7.83. The Bertz CT molecular complexity index is 544. The van der Waals surface area contributed by atoms with Gasteiger partial charge in [0.2, 0.25) is 0 Å². The lowest BCUT2D eigenvalue weighted by atomic mass is 9.59. The molecule has 122 valence electrons. The Morgan fingerprint density at radius 3 is 2.77 bits per heavy atom. The van der Waals surface area contributed by atoms with Crippen molar-refractivity contribution in [2.24, 2.45) is 17.3 Å². The molecule has 3 rings (SSSR count). The minimum atomic E-state index is 0.334. The van der Waals surface area contributed by atoms with Crippen LogP contribution in [0.2, 0.25) is 0 Å². The SMILES string of the molecule is CCc1cc(O)ccc1C1CC[C@]2(C)C(OP)CCC2C1C. The molecule has 0 spiro atoms. The van der Waals surface area contributed by atoms with E-state index in [1.165, 1.54) is 36.8 Å². The number of benzene rings is 1. The van der Waals surface area contributed by atoms with Crippen molar-refractivity contribution in [2.75, 3.05) is 0 Å². The van der Waals surface area contributed by atoms with Crippen LogP contribution in [0.3, 0.4) is 0 Å². The third kappa shape index (κ3) is 2.49. The van der Waals surface area contributed by atoms with Gasteiger partial charge in [-0.3, -0.25) is 0 Å². The summed E-state index contributed by atoms with van der Waals surface area (Å²) in [5.41, 5.74) is 3.11. The molecule has 0 aliphatic heterocycles. The normalized spacial score (nSPS) is 38.0. The average molecular weight is 320 g/mol. The molecule has 0 amide bonds. The van der Waals surface area contributed by atoms with Gasteiger partial charge >= 0.3 is 0 Å². The van der Waals surface area contributed by atoms with Crippen molar-refractivity contribution >= 4 is 9.47 Å². The lowest BCUT2D eigenvalue weighted by Gasteiger charge is -2.47. The molecule has 1 N–H and O–H groups in total. The van der Waals surface area contributed by atoms with Crippen LogP contribution in [0, 0.1) is 17.3 Å². The van der Waals surface area contributed by atoms with Gasteiger partial charge in [-0.05, 0) is 78.5 Å². The van der Waals surface area contributed by atoms with Crippen LogP contribution in [0.1, 0.15) is 63.5 Å². The topological polar surface area (TPSA) is 29.5 Å². The first-order valence-electron chi connectivity index (χ1n) is 8.68. The maximum absolute atomic E-state index is 9.77. The van der Waals surface area contributed by atoms with Gasteiger partial charge in [-0.25, -0.2) is 0 Å². The van der Waals surface area contributed by atoms with E-state index in [0.717, 1.165) is 12.3 Å². The fourth-order valence-electron chi connectivity index (χ4n) is 5.37. The summed E-state index contributed by atoms with van der Waals surface area (Å²) in [5.74, 6) is 2.44. The van der Waals surface area contributed by atoms with Crippen molar-refractivity contribution in [1.82, 2.24) is 0 Å². The molecule has 1 aromatic carbocycles. The summed E-state index contributed by atoms with van der Waals surface area (Å²) in [4.78, 5) is 0. The monoisotopic (exact) mass is 320 g/mol. The molecule has 3 heteroatoms. The molecule has 2 aliphatic carbocycles. The zero-order valence-electron chi connectivity index (χ0n) is 14.0. The first-order chi connectivity index (χ1) is 10.5. The maximum atomic E-state index is 9.77. The molecule has 0 aromatic heterocycles. The fraction of sp³-hybridized carbons (Fsp3) is 0.684. The zero-order valence-corrected chi connectivity index (χ0v) is 15.2. The molecule has 5 unspecified atom stereocenters. The molecule has 2 nitrogen and oxygen atoms in total. The average Bonchev–Trinajstić information content (AvgIpc) is 2.85. The minimum absolute atomic E-state index is 0.334.